The summed E-state index contributed by atoms with van der Waals surface area (Å²) in [7, 11) is 0. The average molecular weight is 181 g/mol. The number of phenols is 1. The van der Waals surface area contributed by atoms with Gasteiger partial charge in [0, 0.05) is 0 Å². The van der Waals surface area contributed by atoms with Crippen LogP contribution in [0.3, 0.4) is 0 Å². The van der Waals surface area contributed by atoms with Gasteiger partial charge in [-0.05, 0) is 12.1 Å². The van der Waals surface area contributed by atoms with Gasteiger partial charge in [0.2, 0.25) is 0 Å². The van der Waals surface area contributed by atoms with Crippen molar-refractivity contribution in [1.82, 2.24) is 0 Å². The molecule has 0 unspecified atom stereocenters. The summed E-state index contributed by atoms with van der Waals surface area (Å²) in [4.78, 5) is 10.5. The molecule has 0 radical (unpaired) electrons. The van der Waals surface area contributed by atoms with E-state index < -0.39 is 28.7 Å². The molecule has 0 bridgehead atoms. The van der Waals surface area contributed by atoms with Crippen LogP contribution in [0.15, 0.2) is 12.1 Å². The third kappa shape index (κ3) is 1.42. The minimum absolute atomic E-state index is 0.540. The second kappa shape index (κ2) is 3.11. The van der Waals surface area contributed by atoms with E-state index in [2.05, 4.69) is 0 Å². The predicted molar refractivity (Wildman–Crippen MR) is 39.7 cm³/mol. The molecule has 0 aliphatic heterocycles. The monoisotopic (exact) mass is 181 g/mol. The number of nitriles is 1. The maximum absolute atomic E-state index is 12.8. The molecule has 0 saturated carbocycles. The van der Waals surface area contributed by atoms with Crippen molar-refractivity contribution >= 4 is 5.97 Å². The lowest BCUT2D eigenvalue weighted by atomic mass is 10.1. The number of carbonyl (C=O) groups is 1. The number of aromatic hydroxyl groups is 1. The van der Waals surface area contributed by atoms with Crippen molar-refractivity contribution in [2.45, 2.75) is 0 Å². The zero-order chi connectivity index (χ0) is 10.0. The molecule has 13 heavy (non-hydrogen) atoms. The average Bonchev–Trinajstić information content (AvgIpc) is 2.07. The van der Waals surface area contributed by atoms with Crippen LogP contribution in [0.25, 0.3) is 0 Å². The fraction of sp³-hybridized carbons (Fsp3) is 0. The van der Waals surface area contributed by atoms with Gasteiger partial charge in [-0.25, -0.2) is 9.18 Å². The Balaban J connectivity index is 3.55. The summed E-state index contributed by atoms with van der Waals surface area (Å²) in [6.45, 7) is 0. The van der Waals surface area contributed by atoms with Crippen LogP contribution in [0.2, 0.25) is 0 Å². The quantitative estimate of drug-likeness (QED) is 0.679. The number of hydrogen-bond donors (Lipinski definition) is 2. The van der Waals surface area contributed by atoms with Gasteiger partial charge in [-0.15, -0.1) is 0 Å². The number of nitrogens with zero attached hydrogens (tertiary/aromatic N) is 1. The number of hydrogen-bond acceptors (Lipinski definition) is 3. The van der Waals surface area contributed by atoms with E-state index >= 15 is 0 Å². The van der Waals surface area contributed by atoms with Crippen LogP contribution >= 0.6 is 0 Å². The highest BCUT2D eigenvalue weighted by molar-refractivity contribution is 5.91. The highest BCUT2D eigenvalue weighted by Crippen LogP contribution is 2.22. The molecule has 0 aliphatic rings. The van der Waals surface area contributed by atoms with Crippen molar-refractivity contribution in [1.29, 1.82) is 5.26 Å². The first-order chi connectivity index (χ1) is 6.07. The van der Waals surface area contributed by atoms with Gasteiger partial charge in [-0.1, -0.05) is 0 Å². The molecular weight excluding hydrogens is 177 g/mol. The van der Waals surface area contributed by atoms with E-state index in [1.807, 2.05) is 0 Å². The smallest absolute Gasteiger partial charge is 0.340 e. The minimum Gasteiger partial charge on any atom is -0.507 e. The second-order valence-corrected chi connectivity index (χ2v) is 2.23. The standard InChI is InChI=1S/C8H4FNO3/c9-5-1-2-6(11)4(3-10)7(5)8(12)13/h1-2,11H,(H,12,13). The van der Waals surface area contributed by atoms with Gasteiger partial charge >= 0.3 is 5.97 Å². The molecule has 5 heteroatoms. The van der Waals surface area contributed by atoms with E-state index in [0.29, 0.717) is 0 Å². The first-order valence-corrected chi connectivity index (χ1v) is 3.22. The Labute approximate surface area is 72.5 Å². The van der Waals surface area contributed by atoms with Gasteiger partial charge in [-0.3, -0.25) is 0 Å². The van der Waals surface area contributed by atoms with Crippen LogP contribution in [0.5, 0.6) is 5.75 Å². The molecule has 1 aromatic rings. The molecule has 0 saturated heterocycles. The van der Waals surface area contributed by atoms with Crippen LogP contribution in [0.1, 0.15) is 15.9 Å². The highest BCUT2D eigenvalue weighted by Gasteiger charge is 2.18. The fourth-order valence-corrected chi connectivity index (χ4v) is 0.889. The number of carboxylic acids is 1. The van der Waals surface area contributed by atoms with E-state index in [9.17, 15) is 9.18 Å². The molecule has 66 valence electrons. The number of halogens is 1. The normalized spacial score (nSPS) is 9.23. The van der Waals surface area contributed by atoms with Crippen LogP contribution in [0, 0.1) is 17.1 Å². The van der Waals surface area contributed by atoms with E-state index in [-0.39, 0.29) is 0 Å². The Morgan fingerprint density at radius 2 is 2.15 bits per heavy atom. The van der Waals surface area contributed by atoms with Gasteiger partial charge in [0.15, 0.2) is 0 Å². The van der Waals surface area contributed by atoms with Crippen LogP contribution < -0.4 is 0 Å². The number of phenolic OH excluding ortho intramolecular Hbond substituents is 1. The maximum atomic E-state index is 12.8. The van der Waals surface area contributed by atoms with E-state index in [1.165, 1.54) is 6.07 Å². The van der Waals surface area contributed by atoms with Crippen LogP contribution in [-0.4, -0.2) is 16.2 Å². The van der Waals surface area contributed by atoms with E-state index in [4.69, 9.17) is 15.5 Å². The molecule has 1 aromatic carbocycles. The van der Waals surface area contributed by atoms with Gasteiger partial charge in [-0.2, -0.15) is 5.26 Å². The number of rotatable bonds is 1. The van der Waals surface area contributed by atoms with Crippen molar-refractivity contribution in [3.63, 3.8) is 0 Å². The summed E-state index contributed by atoms with van der Waals surface area (Å²) in [5.41, 5.74) is -1.37. The van der Waals surface area contributed by atoms with E-state index in [0.717, 1.165) is 12.1 Å². The Bertz CT molecular complexity index is 409. The number of carboxylic acid groups (broad SMARTS) is 1. The van der Waals surface area contributed by atoms with Gasteiger partial charge in [0.1, 0.15) is 28.8 Å². The number of aromatic carboxylic acids is 1. The summed E-state index contributed by atoms with van der Waals surface area (Å²) in [6.07, 6.45) is 0. The Morgan fingerprint density at radius 3 is 2.54 bits per heavy atom. The molecular formula is C8H4FNO3. The lowest BCUT2D eigenvalue weighted by Crippen LogP contribution is -2.04. The second-order valence-electron chi connectivity index (χ2n) is 2.23. The van der Waals surface area contributed by atoms with Gasteiger partial charge in [0.05, 0.1) is 0 Å². The Kier molecular flexibility index (Phi) is 2.15. The molecule has 0 aromatic heterocycles. The summed E-state index contributed by atoms with van der Waals surface area (Å²) in [6, 6.07) is 3.14. The van der Waals surface area contributed by atoms with Gasteiger partial charge in [0.25, 0.3) is 0 Å². The van der Waals surface area contributed by atoms with Crippen molar-refractivity contribution in [2.24, 2.45) is 0 Å². The molecule has 1 rings (SSSR count). The van der Waals surface area contributed by atoms with E-state index in [1.54, 1.807) is 0 Å². The SMILES string of the molecule is N#Cc1c(O)ccc(F)c1C(=O)O. The molecule has 0 heterocycles. The first kappa shape index (κ1) is 9.00. The van der Waals surface area contributed by atoms with Crippen molar-refractivity contribution < 1.29 is 19.4 Å². The molecule has 4 nitrogen and oxygen atoms in total. The van der Waals surface area contributed by atoms with Crippen molar-refractivity contribution in [3.05, 3.63) is 29.1 Å². The Hall–Kier alpha value is -2.09. The van der Waals surface area contributed by atoms with Crippen LogP contribution in [-0.2, 0) is 0 Å². The zero-order valence-corrected chi connectivity index (χ0v) is 6.28. The maximum Gasteiger partial charge on any atom is 0.340 e. The third-order valence-corrected chi connectivity index (χ3v) is 1.46. The lowest BCUT2D eigenvalue weighted by Gasteiger charge is -2.01. The fourth-order valence-electron chi connectivity index (χ4n) is 0.889. The highest BCUT2D eigenvalue weighted by atomic mass is 19.1. The Morgan fingerprint density at radius 1 is 1.54 bits per heavy atom. The zero-order valence-electron chi connectivity index (χ0n) is 6.28. The van der Waals surface area contributed by atoms with Crippen molar-refractivity contribution in [3.8, 4) is 11.8 Å². The topological polar surface area (TPSA) is 81.3 Å². The molecule has 2 N–H and O–H groups in total. The minimum atomic E-state index is -1.58. The van der Waals surface area contributed by atoms with Crippen molar-refractivity contribution in [2.75, 3.05) is 0 Å². The first-order valence-electron chi connectivity index (χ1n) is 3.22. The summed E-state index contributed by atoms with van der Waals surface area (Å²) in [5.74, 6) is -3.16. The number of benzene rings is 1. The summed E-state index contributed by atoms with van der Waals surface area (Å²) < 4.78 is 12.8. The molecule has 0 amide bonds. The van der Waals surface area contributed by atoms with Gasteiger partial charge < -0.3 is 10.2 Å². The summed E-state index contributed by atoms with van der Waals surface area (Å²) in [5, 5.41) is 25.9. The van der Waals surface area contributed by atoms with Crippen LogP contribution in [0.4, 0.5) is 4.39 Å². The third-order valence-electron chi connectivity index (χ3n) is 1.46. The lowest BCUT2D eigenvalue weighted by molar-refractivity contribution is 0.0691. The molecule has 0 spiro atoms. The molecule has 0 fully saturated rings. The largest absolute Gasteiger partial charge is 0.507 e. The predicted octanol–water partition coefficient (Wildman–Crippen LogP) is 1.10. The molecule has 0 aliphatic carbocycles. The summed E-state index contributed by atoms with van der Waals surface area (Å²) >= 11 is 0. The molecule has 0 atom stereocenters.